The molecule has 0 atom stereocenters. The zero-order valence-electron chi connectivity index (χ0n) is 21.1. The summed E-state index contributed by atoms with van der Waals surface area (Å²) in [7, 11) is 0. The van der Waals surface area contributed by atoms with E-state index in [1.54, 1.807) is 0 Å². The minimum absolute atomic E-state index is 0.0176. The van der Waals surface area contributed by atoms with Crippen molar-refractivity contribution < 1.29 is 4.79 Å². The lowest BCUT2D eigenvalue weighted by Crippen LogP contribution is -2.20. The van der Waals surface area contributed by atoms with Gasteiger partial charge in [-0.2, -0.15) is 0 Å². The first-order chi connectivity index (χ1) is 17.6. The fourth-order valence-corrected chi connectivity index (χ4v) is 6.03. The molecular weight excluding hydrogens is 440 g/mol. The number of nitrogens with zero attached hydrogens (tertiary/aromatic N) is 2. The van der Waals surface area contributed by atoms with Crippen molar-refractivity contribution >= 4 is 28.9 Å². The van der Waals surface area contributed by atoms with Crippen molar-refractivity contribution in [1.82, 2.24) is 4.57 Å². The standard InChI is InChI=1S/C33H32N2O/c1-23-21-27(24(2)34(23)29-19-17-26(18-20-29)25-11-5-3-6-12-25)22-31-30-15-9-10-16-32(30)35(33(31)36)28-13-7-4-8-14-28/h4,7-10,13-22,25H,3,5-6,11-12H2,1-2H3/b31-22+. The number of benzene rings is 3. The molecule has 0 N–H and O–H groups in total. The Hall–Kier alpha value is -3.85. The largest absolute Gasteiger partial charge is 0.318 e. The lowest BCUT2D eigenvalue weighted by molar-refractivity contribution is -0.112. The van der Waals surface area contributed by atoms with Gasteiger partial charge < -0.3 is 4.57 Å². The first-order valence-electron chi connectivity index (χ1n) is 13.1. The van der Waals surface area contributed by atoms with Gasteiger partial charge in [-0.25, -0.2) is 0 Å². The highest BCUT2D eigenvalue weighted by Crippen LogP contribution is 2.42. The third-order valence-corrected chi connectivity index (χ3v) is 7.88. The molecule has 3 nitrogen and oxygen atoms in total. The second-order valence-corrected chi connectivity index (χ2v) is 10.1. The van der Waals surface area contributed by atoms with E-state index >= 15 is 0 Å². The molecule has 2 heterocycles. The summed E-state index contributed by atoms with van der Waals surface area (Å²) in [4.78, 5) is 15.5. The van der Waals surface area contributed by atoms with Gasteiger partial charge in [0.1, 0.15) is 0 Å². The van der Waals surface area contributed by atoms with Gasteiger partial charge in [-0.05, 0) is 86.2 Å². The number of amides is 1. The van der Waals surface area contributed by atoms with Gasteiger partial charge in [0, 0.05) is 28.3 Å². The van der Waals surface area contributed by atoms with Crippen LogP contribution in [0.3, 0.4) is 0 Å². The van der Waals surface area contributed by atoms with Crippen molar-refractivity contribution in [2.24, 2.45) is 0 Å². The highest BCUT2D eigenvalue weighted by atomic mass is 16.2. The zero-order chi connectivity index (χ0) is 24.6. The summed E-state index contributed by atoms with van der Waals surface area (Å²) in [6.07, 6.45) is 8.78. The fourth-order valence-electron chi connectivity index (χ4n) is 6.03. The van der Waals surface area contributed by atoms with Gasteiger partial charge in [-0.1, -0.05) is 67.8 Å². The summed E-state index contributed by atoms with van der Waals surface area (Å²) in [6.45, 7) is 4.29. The monoisotopic (exact) mass is 472 g/mol. The number of anilines is 2. The molecule has 1 amide bonds. The molecule has 36 heavy (non-hydrogen) atoms. The van der Waals surface area contributed by atoms with Crippen molar-refractivity contribution in [2.45, 2.75) is 51.9 Å². The Bertz CT molecular complexity index is 1440. The summed E-state index contributed by atoms with van der Waals surface area (Å²) < 4.78 is 2.30. The van der Waals surface area contributed by atoms with Gasteiger partial charge in [0.15, 0.2) is 0 Å². The molecule has 0 unspecified atom stereocenters. The van der Waals surface area contributed by atoms with Crippen LogP contribution in [-0.2, 0) is 4.79 Å². The van der Waals surface area contributed by atoms with E-state index in [1.807, 2.05) is 59.5 Å². The number of aryl methyl sites for hydroxylation is 1. The Balaban J connectivity index is 1.36. The van der Waals surface area contributed by atoms with E-state index in [0.29, 0.717) is 5.92 Å². The molecule has 3 heteroatoms. The molecule has 1 aliphatic heterocycles. The number of hydrogen-bond donors (Lipinski definition) is 0. The van der Waals surface area contributed by atoms with Gasteiger partial charge in [0.05, 0.1) is 11.3 Å². The maximum atomic E-state index is 13.7. The Kier molecular flexibility index (Phi) is 5.85. The highest BCUT2D eigenvalue weighted by Gasteiger charge is 2.33. The van der Waals surface area contributed by atoms with Crippen LogP contribution in [0.15, 0.2) is 84.9 Å². The van der Waals surface area contributed by atoms with Crippen molar-refractivity contribution in [3.05, 3.63) is 113 Å². The molecule has 2 aliphatic rings. The lowest BCUT2D eigenvalue weighted by Gasteiger charge is -2.22. The maximum absolute atomic E-state index is 13.7. The molecular formula is C33H32N2O. The van der Waals surface area contributed by atoms with Gasteiger partial charge in [0.25, 0.3) is 5.91 Å². The molecule has 3 aromatic carbocycles. The third kappa shape index (κ3) is 3.89. The van der Waals surface area contributed by atoms with E-state index < -0.39 is 0 Å². The number of hydrogen-bond acceptors (Lipinski definition) is 1. The molecule has 1 aromatic heterocycles. The molecule has 0 bridgehead atoms. The average molecular weight is 473 g/mol. The normalized spacial score (nSPS) is 17.1. The average Bonchev–Trinajstić information content (AvgIpc) is 3.37. The quantitative estimate of drug-likeness (QED) is 0.274. The summed E-state index contributed by atoms with van der Waals surface area (Å²) >= 11 is 0. The van der Waals surface area contributed by atoms with E-state index in [0.717, 1.165) is 33.8 Å². The first kappa shape index (κ1) is 22.6. The maximum Gasteiger partial charge on any atom is 0.263 e. The minimum Gasteiger partial charge on any atom is -0.318 e. The summed E-state index contributed by atoms with van der Waals surface area (Å²) in [5, 5.41) is 0. The van der Waals surface area contributed by atoms with E-state index in [-0.39, 0.29) is 5.91 Å². The van der Waals surface area contributed by atoms with Gasteiger partial charge in [-0.15, -0.1) is 0 Å². The van der Waals surface area contributed by atoms with Crippen LogP contribution in [-0.4, -0.2) is 10.5 Å². The number of carbonyl (C=O) groups is 1. The molecule has 1 aliphatic carbocycles. The van der Waals surface area contributed by atoms with Crippen LogP contribution < -0.4 is 4.90 Å². The third-order valence-electron chi connectivity index (χ3n) is 7.88. The smallest absolute Gasteiger partial charge is 0.263 e. The molecule has 0 radical (unpaired) electrons. The molecule has 1 fully saturated rings. The van der Waals surface area contributed by atoms with E-state index in [1.165, 1.54) is 49.0 Å². The Morgan fingerprint density at radius 3 is 2.22 bits per heavy atom. The molecule has 6 rings (SSSR count). The highest BCUT2D eigenvalue weighted by molar-refractivity contribution is 6.38. The molecule has 180 valence electrons. The number of fused-ring (bicyclic) bond motifs is 1. The van der Waals surface area contributed by atoms with Crippen LogP contribution >= 0.6 is 0 Å². The summed E-state index contributed by atoms with van der Waals surface area (Å²) in [6, 6.07) is 29.3. The predicted molar refractivity (Wildman–Crippen MR) is 149 cm³/mol. The van der Waals surface area contributed by atoms with Crippen LogP contribution in [0.5, 0.6) is 0 Å². The predicted octanol–water partition coefficient (Wildman–Crippen LogP) is 8.36. The lowest BCUT2D eigenvalue weighted by atomic mass is 9.84. The number of rotatable bonds is 4. The van der Waals surface area contributed by atoms with E-state index in [2.05, 4.69) is 54.8 Å². The van der Waals surface area contributed by atoms with Gasteiger partial charge in [0.2, 0.25) is 0 Å². The Labute approximate surface area is 213 Å². The van der Waals surface area contributed by atoms with Crippen molar-refractivity contribution in [2.75, 3.05) is 4.90 Å². The number of aromatic nitrogens is 1. The molecule has 0 spiro atoms. The van der Waals surface area contributed by atoms with E-state index in [9.17, 15) is 4.79 Å². The van der Waals surface area contributed by atoms with Crippen LogP contribution in [0, 0.1) is 13.8 Å². The molecule has 4 aromatic rings. The van der Waals surface area contributed by atoms with Crippen LogP contribution in [0.4, 0.5) is 11.4 Å². The summed E-state index contributed by atoms with van der Waals surface area (Å²) in [5.41, 5.74) is 9.59. The van der Waals surface area contributed by atoms with Crippen molar-refractivity contribution in [3.8, 4) is 5.69 Å². The number of carbonyl (C=O) groups excluding carboxylic acids is 1. The molecule has 0 saturated heterocycles. The Morgan fingerprint density at radius 2 is 1.47 bits per heavy atom. The van der Waals surface area contributed by atoms with Crippen LogP contribution in [0.2, 0.25) is 0 Å². The van der Waals surface area contributed by atoms with Crippen LogP contribution in [0.25, 0.3) is 17.3 Å². The van der Waals surface area contributed by atoms with Crippen molar-refractivity contribution in [1.29, 1.82) is 0 Å². The minimum atomic E-state index is 0.0176. The molecule has 1 saturated carbocycles. The second-order valence-electron chi connectivity index (χ2n) is 10.1. The summed E-state index contributed by atoms with van der Waals surface area (Å²) in [5.74, 6) is 0.727. The van der Waals surface area contributed by atoms with Gasteiger partial charge in [-0.3, -0.25) is 9.69 Å². The second kappa shape index (κ2) is 9.31. The zero-order valence-corrected chi connectivity index (χ0v) is 21.1. The SMILES string of the molecule is Cc1cc(/C=C2/C(=O)N(c3ccccc3)c3ccccc32)c(C)n1-c1ccc(C2CCCCC2)cc1. The topological polar surface area (TPSA) is 25.2 Å². The van der Waals surface area contributed by atoms with Gasteiger partial charge >= 0.3 is 0 Å². The fraction of sp³-hybridized carbons (Fsp3) is 0.242. The number of para-hydroxylation sites is 2. The van der Waals surface area contributed by atoms with Crippen molar-refractivity contribution in [3.63, 3.8) is 0 Å². The van der Waals surface area contributed by atoms with E-state index in [4.69, 9.17) is 0 Å². The first-order valence-corrected chi connectivity index (χ1v) is 13.1. The van der Waals surface area contributed by atoms with Crippen LogP contribution in [0.1, 0.15) is 66.1 Å². The Morgan fingerprint density at radius 1 is 0.778 bits per heavy atom.